The average Bonchev–Trinajstić information content (AvgIpc) is 3.41. The van der Waals surface area contributed by atoms with Crippen molar-refractivity contribution in [2.45, 2.75) is 40.0 Å². The maximum Gasteiger partial charge on any atom is 0.160 e. The van der Waals surface area contributed by atoms with E-state index in [0.29, 0.717) is 10.0 Å². The van der Waals surface area contributed by atoms with Gasteiger partial charge < -0.3 is 10.6 Å². The second kappa shape index (κ2) is 8.82. The van der Waals surface area contributed by atoms with E-state index in [9.17, 15) is 0 Å². The minimum absolute atomic E-state index is 0. The Hall–Kier alpha value is -1.68. The summed E-state index contributed by atoms with van der Waals surface area (Å²) >= 11 is 11.9. The smallest absolute Gasteiger partial charge is 0.160 e. The molecule has 2 aliphatic heterocycles. The standard InChI is InChI=1S/2C9H9ClN4.2ClH/c1-5-7(10)4-14-9(12-5)6-2-11-3-8(6)13-14;1-5-7(10)3-12-9-6-2-11-4-8(6)13-14(5)9;;/h4,11H,2-3H2,1H3;3,11H,2,4H2,1H3;2*1H. The minimum Gasteiger partial charge on any atom is -0.307 e. The molecule has 12 heteroatoms. The second-order valence-corrected chi connectivity index (χ2v) is 7.74. The number of rotatable bonds is 0. The molecule has 2 N–H and O–H groups in total. The van der Waals surface area contributed by atoms with Gasteiger partial charge in [-0.3, -0.25) is 0 Å². The predicted octanol–water partition coefficient (Wildman–Crippen LogP) is 3.43. The number of nitrogens with one attached hydrogen (secondary N) is 2. The van der Waals surface area contributed by atoms with E-state index in [-0.39, 0.29) is 24.8 Å². The van der Waals surface area contributed by atoms with Crippen molar-refractivity contribution in [2.75, 3.05) is 0 Å². The van der Waals surface area contributed by atoms with E-state index in [2.05, 4.69) is 30.8 Å². The Morgan fingerprint density at radius 2 is 1.50 bits per heavy atom. The molecule has 30 heavy (non-hydrogen) atoms. The highest BCUT2D eigenvalue weighted by molar-refractivity contribution is 6.31. The Balaban J connectivity index is 0.000000160. The van der Waals surface area contributed by atoms with Crippen LogP contribution in [0.2, 0.25) is 10.0 Å². The molecule has 8 nitrogen and oxygen atoms in total. The first-order chi connectivity index (χ1) is 13.5. The van der Waals surface area contributed by atoms with Gasteiger partial charge in [0.05, 0.1) is 39.0 Å². The fourth-order valence-corrected chi connectivity index (χ4v) is 3.81. The number of fused-ring (bicyclic) bond motifs is 6. The summed E-state index contributed by atoms with van der Waals surface area (Å²) in [7, 11) is 0. The summed E-state index contributed by atoms with van der Waals surface area (Å²) in [6, 6.07) is 0. The predicted molar refractivity (Wildman–Crippen MR) is 121 cm³/mol. The summed E-state index contributed by atoms with van der Waals surface area (Å²) in [6.45, 7) is 7.22. The number of hydrogen-bond donors (Lipinski definition) is 2. The lowest BCUT2D eigenvalue weighted by Gasteiger charge is -2.01. The highest BCUT2D eigenvalue weighted by Gasteiger charge is 2.20. The molecule has 0 amide bonds. The topological polar surface area (TPSA) is 84.4 Å². The molecule has 0 unspecified atom stereocenters. The molecule has 0 aliphatic carbocycles. The van der Waals surface area contributed by atoms with Gasteiger partial charge in [-0.2, -0.15) is 10.2 Å². The Bertz CT molecular complexity index is 1230. The van der Waals surface area contributed by atoms with Gasteiger partial charge in [0, 0.05) is 43.5 Å². The highest BCUT2D eigenvalue weighted by Crippen LogP contribution is 2.23. The van der Waals surface area contributed by atoms with Crippen molar-refractivity contribution >= 4 is 59.3 Å². The molecule has 0 bridgehead atoms. The maximum absolute atomic E-state index is 5.97. The van der Waals surface area contributed by atoms with Gasteiger partial charge in [0.25, 0.3) is 0 Å². The Morgan fingerprint density at radius 3 is 2.20 bits per heavy atom. The SMILES string of the molecule is Cc1c(Cl)cnc2c3c(nn12)CNC3.Cc1nc2c3c(nn2cc1Cl)CNC3.Cl.Cl. The van der Waals surface area contributed by atoms with Crippen LogP contribution in [0.3, 0.4) is 0 Å². The molecular formula is C18H20Cl4N8. The van der Waals surface area contributed by atoms with Crippen LogP contribution in [-0.4, -0.2) is 29.2 Å². The summed E-state index contributed by atoms with van der Waals surface area (Å²) in [4.78, 5) is 8.74. The molecule has 0 saturated carbocycles. The third-order valence-corrected chi connectivity index (χ3v) is 5.85. The van der Waals surface area contributed by atoms with E-state index in [1.807, 2.05) is 24.6 Å². The highest BCUT2D eigenvalue weighted by atomic mass is 35.5. The molecule has 4 aromatic heterocycles. The van der Waals surface area contributed by atoms with Crippen LogP contribution < -0.4 is 10.6 Å². The molecule has 6 rings (SSSR count). The largest absolute Gasteiger partial charge is 0.307 e. The summed E-state index contributed by atoms with van der Waals surface area (Å²) in [5, 5.41) is 16.7. The number of hydrogen-bond acceptors (Lipinski definition) is 6. The van der Waals surface area contributed by atoms with Gasteiger partial charge in [-0.25, -0.2) is 19.0 Å². The Morgan fingerprint density at radius 1 is 0.867 bits per heavy atom. The minimum atomic E-state index is 0. The number of aryl methyl sites for hydroxylation is 2. The van der Waals surface area contributed by atoms with Crippen LogP contribution in [0.25, 0.3) is 11.3 Å². The number of aromatic nitrogens is 6. The van der Waals surface area contributed by atoms with Gasteiger partial charge in [0.1, 0.15) is 0 Å². The molecule has 0 radical (unpaired) electrons. The fraction of sp³-hybridized carbons (Fsp3) is 0.333. The summed E-state index contributed by atoms with van der Waals surface area (Å²) < 4.78 is 3.59. The van der Waals surface area contributed by atoms with E-state index in [1.54, 1.807) is 10.7 Å². The van der Waals surface area contributed by atoms with Crippen LogP contribution in [0.1, 0.15) is 33.9 Å². The first-order valence-electron chi connectivity index (χ1n) is 8.99. The first kappa shape index (κ1) is 23.0. The zero-order valence-electron chi connectivity index (χ0n) is 16.2. The molecular weight excluding hydrogens is 470 g/mol. The number of halogens is 4. The summed E-state index contributed by atoms with van der Waals surface area (Å²) in [5.74, 6) is 0. The van der Waals surface area contributed by atoms with Crippen LogP contribution in [0.5, 0.6) is 0 Å². The van der Waals surface area contributed by atoms with Crippen molar-refractivity contribution in [2.24, 2.45) is 0 Å². The van der Waals surface area contributed by atoms with Gasteiger partial charge in [0.2, 0.25) is 0 Å². The maximum atomic E-state index is 5.97. The van der Waals surface area contributed by atoms with E-state index in [4.69, 9.17) is 23.2 Å². The fourth-order valence-electron chi connectivity index (χ4n) is 3.55. The van der Waals surface area contributed by atoms with Gasteiger partial charge in [-0.05, 0) is 13.8 Å². The zero-order chi connectivity index (χ0) is 19.4. The van der Waals surface area contributed by atoms with Crippen molar-refractivity contribution in [3.05, 3.63) is 56.3 Å². The molecule has 0 aromatic carbocycles. The average molecular weight is 490 g/mol. The normalized spacial score (nSPS) is 14.0. The number of nitrogens with zero attached hydrogens (tertiary/aromatic N) is 6. The van der Waals surface area contributed by atoms with Crippen LogP contribution in [0.15, 0.2) is 12.4 Å². The van der Waals surface area contributed by atoms with E-state index >= 15 is 0 Å². The lowest BCUT2D eigenvalue weighted by molar-refractivity contribution is 0.729. The quantitative estimate of drug-likeness (QED) is 0.393. The molecule has 0 fully saturated rings. The van der Waals surface area contributed by atoms with Crippen LogP contribution >= 0.6 is 48.0 Å². The summed E-state index contributed by atoms with van der Waals surface area (Å²) in [6.07, 6.45) is 3.50. The lowest BCUT2D eigenvalue weighted by Crippen LogP contribution is -2.05. The second-order valence-electron chi connectivity index (χ2n) is 6.93. The van der Waals surface area contributed by atoms with Crippen LogP contribution in [0, 0.1) is 13.8 Å². The van der Waals surface area contributed by atoms with Gasteiger partial charge in [0.15, 0.2) is 11.3 Å². The molecule has 2 aliphatic rings. The van der Waals surface area contributed by atoms with Crippen LogP contribution in [0.4, 0.5) is 0 Å². The summed E-state index contributed by atoms with van der Waals surface area (Å²) in [5.41, 5.74) is 8.22. The Labute approximate surface area is 195 Å². The van der Waals surface area contributed by atoms with Crippen molar-refractivity contribution in [3.63, 3.8) is 0 Å². The first-order valence-corrected chi connectivity index (χ1v) is 9.74. The zero-order valence-corrected chi connectivity index (χ0v) is 19.4. The molecule has 0 spiro atoms. The molecule has 160 valence electrons. The monoisotopic (exact) mass is 488 g/mol. The van der Waals surface area contributed by atoms with Gasteiger partial charge >= 0.3 is 0 Å². The van der Waals surface area contributed by atoms with E-state index in [1.165, 1.54) is 11.1 Å². The van der Waals surface area contributed by atoms with Crippen molar-refractivity contribution in [1.82, 2.24) is 39.8 Å². The van der Waals surface area contributed by atoms with Crippen molar-refractivity contribution in [3.8, 4) is 0 Å². The molecule has 0 saturated heterocycles. The molecule has 6 heterocycles. The third-order valence-electron chi connectivity index (χ3n) is 5.11. The third kappa shape index (κ3) is 3.72. The van der Waals surface area contributed by atoms with Crippen molar-refractivity contribution < 1.29 is 0 Å². The van der Waals surface area contributed by atoms with Crippen LogP contribution in [-0.2, 0) is 26.2 Å². The van der Waals surface area contributed by atoms with Gasteiger partial charge in [-0.1, -0.05) is 23.2 Å². The Kier molecular flexibility index (Phi) is 6.76. The molecule has 4 aromatic rings. The van der Waals surface area contributed by atoms with Gasteiger partial charge in [-0.15, -0.1) is 24.8 Å². The molecule has 0 atom stereocenters. The lowest BCUT2D eigenvalue weighted by atomic mass is 10.3. The van der Waals surface area contributed by atoms with Crippen molar-refractivity contribution in [1.29, 1.82) is 0 Å². The van der Waals surface area contributed by atoms with E-state index < -0.39 is 0 Å². The van der Waals surface area contributed by atoms with E-state index in [0.717, 1.165) is 60.2 Å².